The van der Waals surface area contributed by atoms with Gasteiger partial charge < -0.3 is 9.80 Å². The number of anilines is 2. The topological polar surface area (TPSA) is 85.0 Å². The summed E-state index contributed by atoms with van der Waals surface area (Å²) < 4.78 is 3.16. The zero-order chi connectivity index (χ0) is 16.7. The zero-order valence-electron chi connectivity index (χ0n) is 13.6. The van der Waals surface area contributed by atoms with Crippen LogP contribution < -0.4 is 15.5 Å². The maximum atomic E-state index is 12.2. The fraction of sp³-hybridized carbons (Fsp3) is 0.400. The quantitative estimate of drug-likeness (QED) is 0.644. The summed E-state index contributed by atoms with van der Waals surface area (Å²) in [5.74, 6) is 1.55. The van der Waals surface area contributed by atoms with Crippen molar-refractivity contribution in [1.29, 1.82) is 0 Å². The Hall–Kier alpha value is -2.97. The van der Waals surface area contributed by atoms with Gasteiger partial charge in [-0.1, -0.05) is 0 Å². The van der Waals surface area contributed by atoms with Gasteiger partial charge in [0.05, 0.1) is 0 Å². The van der Waals surface area contributed by atoms with Crippen LogP contribution in [0.2, 0.25) is 0 Å². The molecule has 1 aliphatic heterocycles. The lowest BCUT2D eigenvalue weighted by atomic mass is 10.3. The fourth-order valence-corrected chi connectivity index (χ4v) is 3.12. The number of imidazole rings is 1. The average molecular weight is 326 g/mol. The van der Waals surface area contributed by atoms with Gasteiger partial charge in [-0.05, 0) is 6.07 Å². The third-order valence-electron chi connectivity index (χ3n) is 4.42. The summed E-state index contributed by atoms with van der Waals surface area (Å²) in [5.41, 5.74) is 1.33. The van der Waals surface area contributed by atoms with Gasteiger partial charge in [-0.3, -0.25) is 9.13 Å². The summed E-state index contributed by atoms with van der Waals surface area (Å²) in [4.78, 5) is 33.8. The molecule has 3 aromatic heterocycles. The van der Waals surface area contributed by atoms with Crippen LogP contribution in [-0.2, 0) is 14.1 Å². The number of fused-ring (bicyclic) bond motifs is 1. The molecular formula is C15H18N8O. The number of aryl methyl sites for hydroxylation is 2. The zero-order valence-corrected chi connectivity index (χ0v) is 13.6. The molecule has 24 heavy (non-hydrogen) atoms. The molecule has 4 heterocycles. The summed E-state index contributed by atoms with van der Waals surface area (Å²) in [6.45, 7) is 3.17. The minimum Gasteiger partial charge on any atom is -0.351 e. The maximum absolute atomic E-state index is 12.2. The van der Waals surface area contributed by atoms with E-state index < -0.39 is 0 Å². The van der Waals surface area contributed by atoms with Crippen molar-refractivity contribution >= 4 is 22.9 Å². The summed E-state index contributed by atoms with van der Waals surface area (Å²) in [7, 11) is 3.48. The van der Waals surface area contributed by atoms with E-state index in [1.165, 1.54) is 6.33 Å². The SMILES string of the molecule is Cn1c(=O)n(C)c2c(N3CCN(c4ncccn4)CC3)ncnc21. The van der Waals surface area contributed by atoms with Crippen molar-refractivity contribution in [3.63, 3.8) is 0 Å². The number of hydrogen-bond donors (Lipinski definition) is 0. The maximum Gasteiger partial charge on any atom is 0.329 e. The van der Waals surface area contributed by atoms with Crippen molar-refractivity contribution in [3.8, 4) is 0 Å². The number of piperazine rings is 1. The minimum absolute atomic E-state index is 0.0944. The summed E-state index contributed by atoms with van der Waals surface area (Å²) in [6.07, 6.45) is 5.02. The van der Waals surface area contributed by atoms with Gasteiger partial charge in [0, 0.05) is 52.7 Å². The first-order valence-corrected chi connectivity index (χ1v) is 7.80. The van der Waals surface area contributed by atoms with E-state index in [0.29, 0.717) is 5.65 Å². The molecule has 0 amide bonds. The Balaban J connectivity index is 1.64. The molecule has 9 heteroatoms. The van der Waals surface area contributed by atoms with Crippen LogP contribution in [-0.4, -0.2) is 55.2 Å². The smallest absolute Gasteiger partial charge is 0.329 e. The second-order valence-corrected chi connectivity index (χ2v) is 5.79. The average Bonchev–Trinajstić information content (AvgIpc) is 2.87. The van der Waals surface area contributed by atoms with Crippen molar-refractivity contribution in [1.82, 2.24) is 29.1 Å². The Labute approximate surface area is 138 Å². The molecule has 1 saturated heterocycles. The lowest BCUT2D eigenvalue weighted by Crippen LogP contribution is -2.47. The van der Waals surface area contributed by atoms with Crippen LogP contribution >= 0.6 is 0 Å². The van der Waals surface area contributed by atoms with Crippen molar-refractivity contribution in [2.75, 3.05) is 36.0 Å². The van der Waals surface area contributed by atoms with Crippen LogP contribution in [0.15, 0.2) is 29.6 Å². The van der Waals surface area contributed by atoms with Crippen molar-refractivity contribution in [2.45, 2.75) is 0 Å². The monoisotopic (exact) mass is 326 g/mol. The molecule has 0 atom stereocenters. The highest BCUT2D eigenvalue weighted by molar-refractivity contribution is 5.84. The normalized spacial score (nSPS) is 15.2. The van der Waals surface area contributed by atoms with Gasteiger partial charge in [-0.25, -0.2) is 24.7 Å². The summed E-state index contributed by atoms with van der Waals surface area (Å²) >= 11 is 0. The molecule has 0 N–H and O–H groups in total. The standard InChI is InChI=1S/C15H18N8O/c1-20-11-12(21(2)15(20)24)18-10-19-13(11)22-6-8-23(9-7-22)14-16-4-3-5-17-14/h3-5,10H,6-9H2,1-2H3. The predicted octanol–water partition coefficient (Wildman–Crippen LogP) is -0.216. The molecule has 1 aliphatic rings. The molecule has 9 nitrogen and oxygen atoms in total. The lowest BCUT2D eigenvalue weighted by Gasteiger charge is -2.35. The van der Waals surface area contributed by atoms with Crippen LogP contribution in [0.5, 0.6) is 0 Å². The lowest BCUT2D eigenvalue weighted by molar-refractivity contribution is 0.634. The van der Waals surface area contributed by atoms with E-state index in [4.69, 9.17) is 0 Å². The largest absolute Gasteiger partial charge is 0.351 e. The third kappa shape index (κ3) is 2.20. The minimum atomic E-state index is -0.0944. The highest BCUT2D eigenvalue weighted by Crippen LogP contribution is 2.23. The number of aromatic nitrogens is 6. The third-order valence-corrected chi connectivity index (χ3v) is 4.42. The first-order valence-electron chi connectivity index (χ1n) is 7.80. The number of rotatable bonds is 2. The molecule has 4 rings (SSSR count). The molecule has 0 saturated carbocycles. The van der Waals surface area contributed by atoms with Gasteiger partial charge in [-0.2, -0.15) is 0 Å². The van der Waals surface area contributed by atoms with Crippen LogP contribution in [0, 0.1) is 0 Å². The first kappa shape index (κ1) is 14.6. The van der Waals surface area contributed by atoms with Gasteiger partial charge in [0.25, 0.3) is 0 Å². The molecular weight excluding hydrogens is 308 g/mol. The van der Waals surface area contributed by atoms with Crippen LogP contribution in [0.25, 0.3) is 11.2 Å². The highest BCUT2D eigenvalue weighted by Gasteiger charge is 2.23. The van der Waals surface area contributed by atoms with Gasteiger partial charge in [0.2, 0.25) is 5.95 Å². The van der Waals surface area contributed by atoms with E-state index in [1.807, 2.05) is 6.07 Å². The van der Waals surface area contributed by atoms with Crippen LogP contribution in [0.3, 0.4) is 0 Å². The molecule has 0 aliphatic carbocycles. The Morgan fingerprint density at radius 3 is 2.25 bits per heavy atom. The molecule has 0 radical (unpaired) electrons. The summed E-state index contributed by atoms with van der Waals surface area (Å²) in [5, 5.41) is 0. The number of nitrogens with zero attached hydrogens (tertiary/aromatic N) is 8. The van der Waals surface area contributed by atoms with E-state index in [9.17, 15) is 4.79 Å². The fourth-order valence-electron chi connectivity index (χ4n) is 3.12. The second-order valence-electron chi connectivity index (χ2n) is 5.79. The number of hydrogen-bond acceptors (Lipinski definition) is 7. The van der Waals surface area contributed by atoms with E-state index >= 15 is 0 Å². The molecule has 124 valence electrons. The first-order chi connectivity index (χ1) is 11.7. The summed E-state index contributed by atoms with van der Waals surface area (Å²) in [6, 6.07) is 1.81. The second kappa shape index (κ2) is 5.59. The molecule has 0 aromatic carbocycles. The molecule has 0 bridgehead atoms. The van der Waals surface area contributed by atoms with Gasteiger partial charge in [0.15, 0.2) is 11.5 Å². The Kier molecular flexibility index (Phi) is 3.40. The van der Waals surface area contributed by atoms with Crippen LogP contribution in [0.4, 0.5) is 11.8 Å². The van der Waals surface area contributed by atoms with E-state index in [1.54, 1.807) is 35.6 Å². The van der Waals surface area contributed by atoms with E-state index in [-0.39, 0.29) is 5.69 Å². The van der Waals surface area contributed by atoms with Crippen molar-refractivity contribution < 1.29 is 0 Å². The van der Waals surface area contributed by atoms with Gasteiger partial charge in [0.1, 0.15) is 11.8 Å². The van der Waals surface area contributed by atoms with Crippen molar-refractivity contribution in [2.24, 2.45) is 14.1 Å². The predicted molar refractivity (Wildman–Crippen MR) is 90.2 cm³/mol. The molecule has 3 aromatic rings. The molecule has 1 fully saturated rings. The Bertz CT molecular complexity index is 924. The highest BCUT2D eigenvalue weighted by atomic mass is 16.1. The molecule has 0 spiro atoms. The van der Waals surface area contributed by atoms with E-state index in [2.05, 4.69) is 29.7 Å². The van der Waals surface area contributed by atoms with Gasteiger partial charge in [-0.15, -0.1) is 0 Å². The van der Waals surface area contributed by atoms with Crippen molar-refractivity contribution in [3.05, 3.63) is 35.3 Å². The van der Waals surface area contributed by atoms with Crippen LogP contribution in [0.1, 0.15) is 0 Å². The van der Waals surface area contributed by atoms with E-state index in [0.717, 1.165) is 43.5 Å². The van der Waals surface area contributed by atoms with Gasteiger partial charge >= 0.3 is 5.69 Å². The Morgan fingerprint density at radius 1 is 0.875 bits per heavy atom. The molecule has 0 unspecified atom stereocenters. The Morgan fingerprint density at radius 2 is 1.54 bits per heavy atom.